The Morgan fingerprint density at radius 2 is 1.66 bits per heavy atom. The minimum Gasteiger partial charge on any atom is -0.493 e. The van der Waals surface area contributed by atoms with Gasteiger partial charge < -0.3 is 28.4 Å². The third kappa shape index (κ3) is 7.95. The van der Waals surface area contributed by atoms with Crippen LogP contribution in [0.5, 0.6) is 23.0 Å². The summed E-state index contributed by atoms with van der Waals surface area (Å²) in [6, 6.07) is 15.8. The van der Waals surface area contributed by atoms with Crippen LogP contribution in [-0.4, -0.2) is 50.5 Å². The lowest BCUT2D eigenvalue weighted by Crippen LogP contribution is -2.40. The maximum Gasteiger partial charge on any atom is 0.343 e. The third-order valence-corrected chi connectivity index (χ3v) is 9.43. The van der Waals surface area contributed by atoms with E-state index in [1.54, 1.807) is 57.4 Å². The number of allylic oxidation sites excluding steroid dienone is 1. The molecular formula is C37H37BrN2O9S. The minimum absolute atomic E-state index is 0.137. The first-order valence-corrected chi connectivity index (χ1v) is 17.4. The lowest BCUT2D eigenvalue weighted by Gasteiger charge is -2.25. The van der Waals surface area contributed by atoms with Gasteiger partial charge >= 0.3 is 11.9 Å². The van der Waals surface area contributed by atoms with Crippen molar-refractivity contribution in [2.24, 2.45) is 4.99 Å². The van der Waals surface area contributed by atoms with E-state index in [0.29, 0.717) is 66.8 Å². The first-order chi connectivity index (χ1) is 24.1. The van der Waals surface area contributed by atoms with E-state index in [9.17, 15) is 14.4 Å². The highest BCUT2D eigenvalue weighted by molar-refractivity contribution is 9.10. The van der Waals surface area contributed by atoms with Gasteiger partial charge in [-0.15, -0.1) is 0 Å². The van der Waals surface area contributed by atoms with E-state index < -0.39 is 18.0 Å². The SMILES string of the molecule is CCOC(=O)C1=C(C)N=c2s/c(=C\c3cc(OC)c(OCc4ccc(C)cc4)cc3Br)c(=O)n2[C@H]1c1ccc(OCC(=O)OC)c(OCC)c1. The second kappa shape index (κ2) is 16.2. The van der Waals surface area contributed by atoms with Gasteiger partial charge in [-0.25, -0.2) is 14.6 Å². The Bertz CT molecular complexity index is 2120. The molecule has 0 radical (unpaired) electrons. The van der Waals surface area contributed by atoms with Crippen LogP contribution in [-0.2, 0) is 25.7 Å². The molecule has 1 aromatic heterocycles. The van der Waals surface area contributed by atoms with E-state index in [4.69, 9.17) is 28.4 Å². The zero-order valence-corrected chi connectivity index (χ0v) is 30.9. The van der Waals surface area contributed by atoms with Crippen molar-refractivity contribution in [3.05, 3.63) is 112 Å². The summed E-state index contributed by atoms with van der Waals surface area (Å²) < 4.78 is 35.9. The van der Waals surface area contributed by atoms with Crippen LogP contribution in [0.2, 0.25) is 0 Å². The number of hydrogen-bond acceptors (Lipinski definition) is 11. The van der Waals surface area contributed by atoms with Crippen molar-refractivity contribution >= 4 is 45.3 Å². The number of hydrogen-bond donors (Lipinski definition) is 0. The fourth-order valence-corrected chi connectivity index (χ4v) is 6.78. The number of thiazole rings is 1. The molecule has 0 spiro atoms. The van der Waals surface area contributed by atoms with Gasteiger partial charge in [-0.2, -0.15) is 0 Å². The average molecular weight is 766 g/mol. The van der Waals surface area contributed by atoms with Crippen LogP contribution in [0.25, 0.3) is 6.08 Å². The summed E-state index contributed by atoms with van der Waals surface area (Å²) >= 11 is 4.84. The summed E-state index contributed by atoms with van der Waals surface area (Å²) in [4.78, 5) is 44.5. The van der Waals surface area contributed by atoms with Gasteiger partial charge in [-0.1, -0.05) is 63.2 Å². The number of carbonyl (C=O) groups is 2. The van der Waals surface area contributed by atoms with Crippen LogP contribution in [0.4, 0.5) is 0 Å². The van der Waals surface area contributed by atoms with Crippen LogP contribution >= 0.6 is 27.3 Å². The number of nitrogens with zero attached hydrogens (tertiary/aromatic N) is 2. The number of carbonyl (C=O) groups excluding carboxylic acids is 2. The Balaban J connectivity index is 1.58. The number of aryl methyl sites for hydroxylation is 1. The largest absolute Gasteiger partial charge is 0.493 e. The van der Waals surface area contributed by atoms with Crippen LogP contribution in [0.3, 0.4) is 0 Å². The Hall–Kier alpha value is -4.88. The lowest BCUT2D eigenvalue weighted by molar-refractivity contribution is -0.143. The van der Waals surface area contributed by atoms with Gasteiger partial charge in [0.25, 0.3) is 5.56 Å². The number of halogens is 1. The van der Waals surface area contributed by atoms with E-state index in [0.717, 1.165) is 11.1 Å². The van der Waals surface area contributed by atoms with Crippen molar-refractivity contribution in [1.29, 1.82) is 0 Å². The van der Waals surface area contributed by atoms with E-state index >= 15 is 0 Å². The second-order valence-electron chi connectivity index (χ2n) is 11.1. The number of methoxy groups -OCH3 is 2. The van der Waals surface area contributed by atoms with E-state index in [2.05, 4.69) is 20.9 Å². The topological polar surface area (TPSA) is 124 Å². The molecule has 0 saturated heterocycles. The lowest BCUT2D eigenvalue weighted by atomic mass is 9.95. The molecule has 50 heavy (non-hydrogen) atoms. The zero-order chi connectivity index (χ0) is 35.9. The van der Waals surface area contributed by atoms with Crippen LogP contribution in [0.15, 0.2) is 80.1 Å². The maximum absolute atomic E-state index is 14.3. The molecule has 0 aliphatic carbocycles. The molecule has 1 aliphatic heterocycles. The van der Waals surface area contributed by atoms with Gasteiger partial charge in [-0.3, -0.25) is 9.36 Å². The maximum atomic E-state index is 14.3. The molecule has 11 nitrogen and oxygen atoms in total. The molecule has 4 aromatic rings. The molecule has 1 aliphatic rings. The Labute approximate surface area is 301 Å². The van der Waals surface area contributed by atoms with Gasteiger partial charge in [0.05, 0.1) is 49.3 Å². The molecule has 1 atom stereocenters. The van der Waals surface area contributed by atoms with Crippen molar-refractivity contribution in [2.75, 3.05) is 34.0 Å². The second-order valence-corrected chi connectivity index (χ2v) is 13.0. The van der Waals surface area contributed by atoms with E-state index in [-0.39, 0.29) is 24.3 Å². The smallest absolute Gasteiger partial charge is 0.343 e. The van der Waals surface area contributed by atoms with Crippen molar-refractivity contribution in [3.8, 4) is 23.0 Å². The molecule has 262 valence electrons. The number of benzene rings is 3. The highest BCUT2D eigenvalue weighted by Gasteiger charge is 2.34. The summed E-state index contributed by atoms with van der Waals surface area (Å²) in [5.41, 5.74) is 3.70. The molecule has 5 rings (SSSR count). The highest BCUT2D eigenvalue weighted by Crippen LogP contribution is 2.37. The molecule has 2 heterocycles. The monoisotopic (exact) mass is 764 g/mol. The van der Waals surface area contributed by atoms with Gasteiger partial charge in [0, 0.05) is 4.47 Å². The summed E-state index contributed by atoms with van der Waals surface area (Å²) in [6.45, 7) is 7.73. The van der Waals surface area contributed by atoms with Crippen molar-refractivity contribution in [2.45, 2.75) is 40.3 Å². The number of ether oxygens (including phenoxy) is 6. The number of esters is 2. The number of rotatable bonds is 13. The molecule has 0 fully saturated rings. The molecular weight excluding hydrogens is 728 g/mol. The minimum atomic E-state index is -0.892. The first kappa shape index (κ1) is 36.4. The molecule has 0 bridgehead atoms. The fourth-order valence-electron chi connectivity index (χ4n) is 5.31. The third-order valence-electron chi connectivity index (χ3n) is 7.76. The van der Waals surface area contributed by atoms with Crippen molar-refractivity contribution < 1.29 is 38.0 Å². The standard InChI is InChI=1S/C37H37BrN2O9S/c1-7-46-29-15-24(13-14-27(29)49-20-32(41)45-6)34-33(36(43)47-8-2)22(4)39-37-40(34)35(42)31(50-37)17-25-16-28(44-5)30(18-26(25)38)48-19-23-11-9-21(3)10-12-23/h9-18,34H,7-8,19-20H2,1-6H3/b31-17-/t34-/m0/s1. The van der Waals surface area contributed by atoms with Gasteiger partial charge in [0.1, 0.15) is 6.61 Å². The number of fused-ring (bicyclic) bond motifs is 1. The Morgan fingerprint density at radius 3 is 2.34 bits per heavy atom. The highest BCUT2D eigenvalue weighted by atomic mass is 79.9. The molecule has 0 unspecified atom stereocenters. The molecule has 0 amide bonds. The summed E-state index contributed by atoms with van der Waals surface area (Å²) in [5.74, 6) is 0.519. The van der Waals surface area contributed by atoms with Crippen LogP contribution < -0.4 is 33.8 Å². The van der Waals surface area contributed by atoms with Gasteiger partial charge in [0.2, 0.25) is 0 Å². The predicted octanol–water partition coefficient (Wildman–Crippen LogP) is 5.41. The molecule has 13 heteroatoms. The quantitative estimate of drug-likeness (QED) is 0.165. The van der Waals surface area contributed by atoms with E-state index in [1.807, 2.05) is 38.1 Å². The Kier molecular flexibility index (Phi) is 11.8. The fraction of sp³-hybridized carbons (Fsp3) is 0.297. The van der Waals surface area contributed by atoms with E-state index in [1.165, 1.54) is 23.0 Å². The average Bonchev–Trinajstić information content (AvgIpc) is 3.41. The van der Waals surface area contributed by atoms with Crippen molar-refractivity contribution in [1.82, 2.24) is 4.57 Å². The van der Waals surface area contributed by atoms with Crippen molar-refractivity contribution in [3.63, 3.8) is 0 Å². The first-order valence-electron chi connectivity index (χ1n) is 15.8. The van der Waals surface area contributed by atoms with Crippen LogP contribution in [0.1, 0.15) is 49.1 Å². The van der Waals surface area contributed by atoms with Gasteiger partial charge in [0.15, 0.2) is 34.4 Å². The van der Waals surface area contributed by atoms with Crippen LogP contribution in [0, 0.1) is 6.92 Å². The molecule has 3 aromatic carbocycles. The Morgan fingerprint density at radius 1 is 0.920 bits per heavy atom. The summed E-state index contributed by atoms with van der Waals surface area (Å²) in [6.07, 6.45) is 1.75. The predicted molar refractivity (Wildman–Crippen MR) is 192 cm³/mol. The molecule has 0 N–H and O–H groups in total. The summed E-state index contributed by atoms with van der Waals surface area (Å²) in [7, 11) is 2.83. The summed E-state index contributed by atoms with van der Waals surface area (Å²) in [5, 5.41) is 0. The number of aromatic nitrogens is 1. The zero-order valence-electron chi connectivity index (χ0n) is 28.5. The molecule has 0 saturated carbocycles. The normalized spacial score (nSPS) is 14.1. The van der Waals surface area contributed by atoms with Gasteiger partial charge in [-0.05, 0) is 74.7 Å².